The van der Waals surface area contributed by atoms with Gasteiger partial charge >= 0.3 is 0 Å². The van der Waals surface area contributed by atoms with Crippen molar-refractivity contribution in [3.63, 3.8) is 0 Å². The van der Waals surface area contributed by atoms with Crippen LogP contribution in [0.5, 0.6) is 0 Å². The van der Waals surface area contributed by atoms with E-state index in [0.29, 0.717) is 23.2 Å². The molecule has 1 saturated heterocycles. The summed E-state index contributed by atoms with van der Waals surface area (Å²) in [4.78, 5) is 11.8. The van der Waals surface area contributed by atoms with Gasteiger partial charge in [-0.05, 0) is 37.4 Å². The number of ketones is 1. The third-order valence-corrected chi connectivity index (χ3v) is 10.9. The van der Waals surface area contributed by atoms with Crippen LogP contribution in [0.15, 0.2) is 0 Å². The molecule has 1 heterocycles. The van der Waals surface area contributed by atoms with Crippen LogP contribution in [0.4, 0.5) is 0 Å². The first-order chi connectivity index (χ1) is 9.94. The van der Waals surface area contributed by atoms with Gasteiger partial charge in [0.15, 0.2) is 19.9 Å². The van der Waals surface area contributed by atoms with Crippen molar-refractivity contribution < 1.29 is 18.7 Å². The lowest BCUT2D eigenvalue weighted by molar-refractivity contribution is -0.155. The lowest BCUT2D eigenvalue weighted by atomic mass is 10.1. The van der Waals surface area contributed by atoms with E-state index >= 15 is 0 Å². The topological polar surface area (TPSA) is 44.8 Å². The van der Waals surface area contributed by atoms with Gasteiger partial charge in [0.25, 0.3) is 0 Å². The minimum absolute atomic E-state index is 0.00471. The number of Topliss-reactive ketones (excluding diaryl/α,β-unsaturated/α-hetero) is 1. The Labute approximate surface area is 137 Å². The van der Waals surface area contributed by atoms with Crippen LogP contribution in [-0.4, -0.2) is 38.7 Å². The van der Waals surface area contributed by atoms with Gasteiger partial charge in [0, 0.05) is 0 Å². The maximum Gasteiger partial charge on any atom is 0.200 e. The van der Waals surface area contributed by atoms with Gasteiger partial charge in [-0.3, -0.25) is 4.79 Å². The summed E-state index contributed by atoms with van der Waals surface area (Å²) >= 11 is 0. The highest BCUT2D eigenvalue weighted by atomic mass is 28.4. The van der Waals surface area contributed by atoms with Crippen molar-refractivity contribution in [2.24, 2.45) is 0 Å². The highest BCUT2D eigenvalue weighted by molar-refractivity contribution is 6.77. The summed E-state index contributed by atoms with van der Waals surface area (Å²) in [5.41, 5.74) is 1.54. The third kappa shape index (κ3) is 3.99. The van der Waals surface area contributed by atoms with E-state index in [9.17, 15) is 4.79 Å². The van der Waals surface area contributed by atoms with Crippen molar-refractivity contribution in [1.29, 1.82) is 0 Å². The maximum absolute atomic E-state index is 11.8. The summed E-state index contributed by atoms with van der Waals surface area (Å²) in [5.74, 6) is -0.715. The van der Waals surface area contributed by atoms with Crippen LogP contribution in [0.1, 0.15) is 62.3 Å². The van der Waals surface area contributed by atoms with Gasteiger partial charge in [-0.15, -0.1) is 0 Å². The van der Waals surface area contributed by atoms with Crippen LogP contribution in [0.2, 0.25) is 16.6 Å². The summed E-state index contributed by atoms with van der Waals surface area (Å²) in [7, 11) is -1.95. The van der Waals surface area contributed by atoms with E-state index in [0.717, 1.165) is 0 Å². The summed E-state index contributed by atoms with van der Waals surface area (Å²) in [6, 6.07) is 0. The molecule has 0 aromatic heterocycles. The van der Waals surface area contributed by atoms with Crippen LogP contribution in [0.3, 0.4) is 0 Å². The molecule has 0 radical (unpaired) electrons. The van der Waals surface area contributed by atoms with E-state index in [4.69, 9.17) is 13.9 Å². The molecule has 5 heteroatoms. The molecule has 0 aromatic carbocycles. The molecule has 22 heavy (non-hydrogen) atoms. The monoisotopic (exact) mass is 330 g/mol. The fourth-order valence-corrected chi connectivity index (χ4v) is 9.48. The van der Waals surface area contributed by atoms with Crippen LogP contribution in [-0.2, 0) is 18.7 Å². The molecule has 0 saturated carbocycles. The Hall–Kier alpha value is -0.233. The minimum atomic E-state index is -1.95. The summed E-state index contributed by atoms with van der Waals surface area (Å²) in [6.07, 6.45) is -0.830. The van der Waals surface area contributed by atoms with Crippen molar-refractivity contribution in [2.45, 2.75) is 96.9 Å². The molecule has 2 atom stereocenters. The zero-order chi connectivity index (χ0) is 17.3. The molecule has 1 fully saturated rings. The average molecular weight is 331 g/mol. The number of carbonyl (C=O) groups excluding carboxylic acids is 1. The molecule has 4 nitrogen and oxygen atoms in total. The van der Waals surface area contributed by atoms with Crippen molar-refractivity contribution >= 4 is 14.1 Å². The fraction of sp³-hybridized carbons (Fsp3) is 0.941. The van der Waals surface area contributed by atoms with Crippen LogP contribution in [0.25, 0.3) is 0 Å². The number of hydrogen-bond acceptors (Lipinski definition) is 4. The Bertz CT molecular complexity index is 368. The van der Waals surface area contributed by atoms with E-state index in [1.54, 1.807) is 6.92 Å². The molecular weight excluding hydrogens is 296 g/mol. The van der Waals surface area contributed by atoms with Crippen LogP contribution < -0.4 is 0 Å². The van der Waals surface area contributed by atoms with Crippen molar-refractivity contribution in [3.05, 3.63) is 0 Å². The second kappa shape index (κ2) is 7.12. The van der Waals surface area contributed by atoms with Gasteiger partial charge in [0.1, 0.15) is 12.2 Å². The Morgan fingerprint density at radius 3 is 1.86 bits per heavy atom. The molecule has 0 aliphatic carbocycles. The fourth-order valence-electron chi connectivity index (χ4n) is 4.03. The number of carbonyl (C=O) groups is 1. The molecule has 0 amide bonds. The molecule has 1 rings (SSSR count). The van der Waals surface area contributed by atoms with Gasteiger partial charge in [0.2, 0.25) is 0 Å². The standard InChI is InChI=1S/C17H34O4Si/c1-11(2)22(12(3)4,13(5)6)19-10-15-16(14(7)18)21-17(8,9)20-15/h11-13,15-16H,10H2,1-9H3/t15-,16-/m1/s1. The van der Waals surface area contributed by atoms with Crippen molar-refractivity contribution in [1.82, 2.24) is 0 Å². The van der Waals surface area contributed by atoms with Crippen molar-refractivity contribution in [3.8, 4) is 0 Å². The Morgan fingerprint density at radius 1 is 1.05 bits per heavy atom. The van der Waals surface area contributed by atoms with Gasteiger partial charge in [0.05, 0.1) is 6.61 Å². The smallest absolute Gasteiger partial charge is 0.200 e. The second-order valence-corrected chi connectivity index (χ2v) is 13.3. The van der Waals surface area contributed by atoms with Gasteiger partial charge in [-0.1, -0.05) is 41.5 Å². The highest BCUT2D eigenvalue weighted by Gasteiger charge is 2.48. The molecule has 0 spiro atoms. The number of hydrogen-bond donors (Lipinski definition) is 0. The molecule has 0 unspecified atom stereocenters. The Morgan fingerprint density at radius 2 is 1.50 bits per heavy atom. The minimum Gasteiger partial charge on any atom is -0.413 e. The van der Waals surface area contributed by atoms with E-state index in [-0.39, 0.29) is 11.9 Å². The Balaban J connectivity index is 2.91. The maximum atomic E-state index is 11.8. The van der Waals surface area contributed by atoms with E-state index in [1.165, 1.54) is 0 Å². The zero-order valence-electron chi connectivity index (χ0n) is 15.7. The predicted molar refractivity (Wildman–Crippen MR) is 91.5 cm³/mol. The average Bonchev–Trinajstić information content (AvgIpc) is 2.64. The number of ether oxygens (including phenoxy) is 2. The number of rotatable bonds is 7. The normalized spacial score (nSPS) is 25.5. The van der Waals surface area contributed by atoms with Crippen LogP contribution >= 0.6 is 0 Å². The predicted octanol–water partition coefficient (Wildman–Crippen LogP) is 4.29. The van der Waals surface area contributed by atoms with Gasteiger partial charge < -0.3 is 13.9 Å². The largest absolute Gasteiger partial charge is 0.413 e. The zero-order valence-corrected chi connectivity index (χ0v) is 16.7. The molecular formula is C17H34O4Si. The first-order valence-electron chi connectivity index (χ1n) is 8.44. The summed E-state index contributed by atoms with van der Waals surface area (Å²) in [5, 5.41) is 0. The first kappa shape index (κ1) is 19.8. The molecule has 0 N–H and O–H groups in total. The SMILES string of the molecule is CC(=O)[C@H]1OC(C)(C)O[C@@H]1CO[Si](C(C)C)(C(C)C)C(C)C. The Kier molecular flexibility index (Phi) is 6.41. The first-order valence-corrected chi connectivity index (χ1v) is 10.6. The lowest BCUT2D eigenvalue weighted by Crippen LogP contribution is -2.50. The second-order valence-electron chi connectivity index (χ2n) is 7.83. The molecule has 0 bridgehead atoms. The van der Waals surface area contributed by atoms with Crippen LogP contribution in [0, 0.1) is 0 Å². The lowest BCUT2D eigenvalue weighted by Gasteiger charge is -2.42. The summed E-state index contributed by atoms with van der Waals surface area (Å²) < 4.78 is 18.2. The molecule has 1 aliphatic rings. The quantitative estimate of drug-likeness (QED) is 0.653. The van der Waals surface area contributed by atoms with E-state index in [1.807, 2.05) is 13.8 Å². The third-order valence-electron chi connectivity index (χ3n) is 4.79. The molecule has 130 valence electrons. The van der Waals surface area contributed by atoms with Gasteiger partial charge in [-0.2, -0.15) is 0 Å². The molecule has 0 aromatic rings. The summed E-state index contributed by atoms with van der Waals surface area (Å²) in [6.45, 7) is 19.2. The highest BCUT2D eigenvalue weighted by Crippen LogP contribution is 2.43. The van der Waals surface area contributed by atoms with Gasteiger partial charge in [-0.25, -0.2) is 0 Å². The van der Waals surface area contributed by atoms with Crippen molar-refractivity contribution in [2.75, 3.05) is 6.61 Å². The molecule has 1 aliphatic heterocycles. The van der Waals surface area contributed by atoms with E-state index in [2.05, 4.69) is 41.5 Å². The van der Waals surface area contributed by atoms with E-state index < -0.39 is 20.2 Å².